The number of hydrogen-bond acceptors (Lipinski definition) is 5. The van der Waals surface area contributed by atoms with Gasteiger partial charge in [0.1, 0.15) is 17.9 Å². The average molecular weight is 429 g/mol. The molecule has 1 aromatic carbocycles. The molecule has 0 saturated heterocycles. The summed E-state index contributed by atoms with van der Waals surface area (Å²) in [7, 11) is 0. The molecule has 10 heteroatoms. The summed E-state index contributed by atoms with van der Waals surface area (Å²) in [5.41, 5.74) is 2.42. The second-order valence-electron chi connectivity index (χ2n) is 6.75. The van der Waals surface area contributed by atoms with Crippen molar-refractivity contribution in [2.24, 2.45) is 0 Å². The first kappa shape index (κ1) is 19.8. The van der Waals surface area contributed by atoms with Crippen LogP contribution in [0.1, 0.15) is 33.3 Å². The lowest BCUT2D eigenvalue weighted by Gasteiger charge is -2.02. The van der Waals surface area contributed by atoms with Gasteiger partial charge in [0.2, 0.25) is 5.95 Å². The number of aromatic nitrogens is 5. The lowest BCUT2D eigenvalue weighted by molar-refractivity contribution is 0.0993. The zero-order valence-electron chi connectivity index (χ0n) is 16.3. The summed E-state index contributed by atoms with van der Waals surface area (Å²) in [5, 5.41) is 11.8. The summed E-state index contributed by atoms with van der Waals surface area (Å²) in [4.78, 5) is 16.5. The number of carbonyl (C=O) groups is 1. The van der Waals surface area contributed by atoms with Gasteiger partial charge in [-0.2, -0.15) is 5.10 Å². The molecule has 0 atom stereocenters. The third-order valence-electron chi connectivity index (χ3n) is 4.50. The third kappa shape index (κ3) is 4.25. The lowest BCUT2D eigenvalue weighted by atomic mass is 10.2. The summed E-state index contributed by atoms with van der Waals surface area (Å²) in [5.74, 6) is 0.0753. The second-order valence-corrected chi connectivity index (χ2v) is 7.13. The Kier molecular flexibility index (Phi) is 5.37. The van der Waals surface area contributed by atoms with E-state index < -0.39 is 5.91 Å². The molecule has 1 N–H and O–H groups in total. The van der Waals surface area contributed by atoms with Crippen molar-refractivity contribution in [3.8, 4) is 0 Å². The number of hydrogen-bond donors (Lipinski definition) is 1. The van der Waals surface area contributed by atoms with Crippen LogP contribution in [0, 0.1) is 19.7 Å². The maximum Gasteiger partial charge on any atom is 0.293 e. The van der Waals surface area contributed by atoms with Gasteiger partial charge in [-0.1, -0.05) is 23.7 Å². The fourth-order valence-electron chi connectivity index (χ4n) is 2.93. The van der Waals surface area contributed by atoms with Crippen LogP contribution < -0.4 is 5.32 Å². The van der Waals surface area contributed by atoms with Crippen LogP contribution in [0.3, 0.4) is 0 Å². The molecule has 0 aliphatic heterocycles. The first-order valence-electron chi connectivity index (χ1n) is 9.12. The molecule has 154 valence electrons. The Morgan fingerprint density at radius 3 is 2.60 bits per heavy atom. The molecule has 30 heavy (non-hydrogen) atoms. The van der Waals surface area contributed by atoms with Gasteiger partial charge in [-0.3, -0.25) is 14.8 Å². The van der Waals surface area contributed by atoms with Gasteiger partial charge in [0, 0.05) is 0 Å². The summed E-state index contributed by atoms with van der Waals surface area (Å²) in [6.45, 7) is 4.46. The Morgan fingerprint density at radius 2 is 1.90 bits per heavy atom. The quantitative estimate of drug-likeness (QED) is 0.504. The number of halogens is 2. The maximum absolute atomic E-state index is 13.0. The Balaban J connectivity index is 1.39. The van der Waals surface area contributed by atoms with E-state index in [0.29, 0.717) is 23.9 Å². The molecular formula is C20H18ClFN6O2. The van der Waals surface area contributed by atoms with Crippen LogP contribution in [-0.2, 0) is 13.1 Å². The largest absolute Gasteiger partial charge is 0.454 e. The minimum absolute atomic E-state index is 0.132. The molecule has 3 heterocycles. The van der Waals surface area contributed by atoms with E-state index in [1.807, 2.05) is 13.8 Å². The van der Waals surface area contributed by atoms with Crippen molar-refractivity contribution in [3.05, 3.63) is 82.0 Å². The van der Waals surface area contributed by atoms with Gasteiger partial charge in [0.05, 0.1) is 29.5 Å². The molecule has 8 nitrogen and oxygen atoms in total. The molecule has 0 unspecified atom stereocenters. The van der Waals surface area contributed by atoms with Crippen LogP contribution in [0.25, 0.3) is 0 Å². The van der Waals surface area contributed by atoms with Gasteiger partial charge in [-0.05, 0) is 43.7 Å². The highest BCUT2D eigenvalue weighted by atomic mass is 35.5. The summed E-state index contributed by atoms with van der Waals surface area (Å²) in [6, 6.07) is 9.37. The Bertz CT molecular complexity index is 1190. The zero-order chi connectivity index (χ0) is 21.3. The van der Waals surface area contributed by atoms with E-state index in [2.05, 4.69) is 20.5 Å². The van der Waals surface area contributed by atoms with Crippen molar-refractivity contribution < 1.29 is 13.6 Å². The van der Waals surface area contributed by atoms with E-state index in [-0.39, 0.29) is 17.5 Å². The number of rotatable bonds is 6. The predicted molar refractivity (Wildman–Crippen MR) is 108 cm³/mol. The van der Waals surface area contributed by atoms with Crippen molar-refractivity contribution in [1.29, 1.82) is 0 Å². The number of benzene rings is 1. The predicted octanol–water partition coefficient (Wildman–Crippen LogP) is 3.83. The number of anilines is 1. The van der Waals surface area contributed by atoms with E-state index in [1.54, 1.807) is 33.6 Å². The van der Waals surface area contributed by atoms with Crippen LogP contribution in [0.4, 0.5) is 10.3 Å². The van der Waals surface area contributed by atoms with Crippen LogP contribution >= 0.6 is 11.6 Å². The van der Waals surface area contributed by atoms with Gasteiger partial charge < -0.3 is 4.42 Å². The Hall–Kier alpha value is -3.46. The standard InChI is InChI=1S/C20H18ClFN6O2/c1-12-18(21)13(2)28(25-12)10-16-7-8-17(30-16)19(29)24-20-23-11-27(26-20)9-14-3-5-15(22)6-4-14/h3-8,11H,9-10H2,1-2H3,(H,24,26,29). The lowest BCUT2D eigenvalue weighted by Crippen LogP contribution is -2.12. The third-order valence-corrected chi connectivity index (χ3v) is 5.05. The molecule has 0 spiro atoms. The van der Waals surface area contributed by atoms with E-state index in [4.69, 9.17) is 16.0 Å². The average Bonchev–Trinajstić information content (AvgIpc) is 3.42. The minimum Gasteiger partial charge on any atom is -0.454 e. The smallest absolute Gasteiger partial charge is 0.293 e. The van der Waals surface area contributed by atoms with Gasteiger partial charge in [-0.25, -0.2) is 14.1 Å². The Morgan fingerprint density at radius 1 is 1.13 bits per heavy atom. The highest BCUT2D eigenvalue weighted by molar-refractivity contribution is 6.31. The number of aryl methyl sites for hydroxylation is 1. The molecule has 4 aromatic rings. The van der Waals surface area contributed by atoms with Crippen LogP contribution in [0.2, 0.25) is 5.02 Å². The van der Waals surface area contributed by atoms with Crippen molar-refractivity contribution >= 4 is 23.5 Å². The molecule has 0 aliphatic rings. The van der Waals surface area contributed by atoms with E-state index >= 15 is 0 Å². The monoisotopic (exact) mass is 428 g/mol. The SMILES string of the molecule is Cc1nn(Cc2ccc(C(=O)Nc3ncn(Cc4ccc(F)cc4)n3)o2)c(C)c1Cl. The van der Waals surface area contributed by atoms with Crippen molar-refractivity contribution in [3.63, 3.8) is 0 Å². The van der Waals surface area contributed by atoms with E-state index in [9.17, 15) is 9.18 Å². The number of amides is 1. The highest BCUT2D eigenvalue weighted by Crippen LogP contribution is 2.20. The molecule has 0 fully saturated rings. The normalized spacial score (nSPS) is 11.1. The summed E-state index contributed by atoms with van der Waals surface area (Å²) >= 11 is 6.16. The fourth-order valence-corrected chi connectivity index (χ4v) is 3.07. The molecule has 0 saturated carbocycles. The Labute approximate surface area is 176 Å². The van der Waals surface area contributed by atoms with Crippen molar-refractivity contribution in [1.82, 2.24) is 24.5 Å². The summed E-state index contributed by atoms with van der Waals surface area (Å²) in [6.07, 6.45) is 1.49. The molecule has 0 aliphatic carbocycles. The van der Waals surface area contributed by atoms with Crippen LogP contribution in [0.5, 0.6) is 0 Å². The van der Waals surface area contributed by atoms with Crippen LogP contribution in [0.15, 0.2) is 47.1 Å². The van der Waals surface area contributed by atoms with Gasteiger partial charge >= 0.3 is 0 Å². The zero-order valence-corrected chi connectivity index (χ0v) is 17.0. The molecule has 4 rings (SSSR count). The van der Waals surface area contributed by atoms with Gasteiger partial charge in [0.15, 0.2) is 5.76 Å². The molecule has 3 aromatic heterocycles. The molecule has 1 amide bonds. The number of carbonyl (C=O) groups excluding carboxylic acids is 1. The first-order valence-corrected chi connectivity index (χ1v) is 9.50. The minimum atomic E-state index is -0.466. The number of nitrogens with zero attached hydrogens (tertiary/aromatic N) is 5. The highest BCUT2D eigenvalue weighted by Gasteiger charge is 2.16. The summed E-state index contributed by atoms with van der Waals surface area (Å²) < 4.78 is 21.9. The first-order chi connectivity index (χ1) is 14.4. The fraction of sp³-hybridized carbons (Fsp3) is 0.200. The number of nitrogens with one attached hydrogen (secondary N) is 1. The van der Waals surface area contributed by atoms with E-state index in [0.717, 1.165) is 17.0 Å². The molecule has 0 bridgehead atoms. The number of furan rings is 1. The van der Waals surface area contributed by atoms with Crippen molar-refractivity contribution in [2.75, 3.05) is 5.32 Å². The van der Waals surface area contributed by atoms with Crippen LogP contribution in [-0.4, -0.2) is 30.5 Å². The van der Waals surface area contributed by atoms with E-state index in [1.165, 1.54) is 18.5 Å². The van der Waals surface area contributed by atoms with Crippen molar-refractivity contribution in [2.45, 2.75) is 26.9 Å². The molecular weight excluding hydrogens is 411 g/mol. The molecule has 0 radical (unpaired) electrons. The van der Waals surface area contributed by atoms with Gasteiger partial charge in [0.25, 0.3) is 5.91 Å². The maximum atomic E-state index is 13.0. The second kappa shape index (κ2) is 8.11. The van der Waals surface area contributed by atoms with Gasteiger partial charge in [-0.15, -0.1) is 5.10 Å². The topological polar surface area (TPSA) is 90.8 Å².